The first kappa shape index (κ1) is 9.59. The van der Waals surface area contributed by atoms with Crippen molar-refractivity contribution >= 4 is 0 Å². The van der Waals surface area contributed by atoms with Crippen molar-refractivity contribution in [1.82, 2.24) is 5.32 Å². The van der Waals surface area contributed by atoms with Gasteiger partial charge in [0.15, 0.2) is 0 Å². The molecule has 0 aliphatic rings. The molecular formula is C12H15N. The molecule has 1 heteroatoms. The van der Waals surface area contributed by atoms with Crippen molar-refractivity contribution in [2.75, 3.05) is 7.05 Å². The molecule has 1 N–H and O–H groups in total. The van der Waals surface area contributed by atoms with Crippen LogP contribution in [0.1, 0.15) is 5.56 Å². The van der Waals surface area contributed by atoms with Crippen LogP contribution in [0.5, 0.6) is 0 Å². The molecule has 1 rings (SSSR count). The largest absolute Gasteiger partial charge is 0.394 e. The van der Waals surface area contributed by atoms with Gasteiger partial charge in [0.1, 0.15) is 0 Å². The Labute approximate surface area is 79.8 Å². The lowest BCUT2D eigenvalue weighted by molar-refractivity contribution is 1.10. The number of nitrogens with one attached hydrogen (secondary N) is 1. The molecule has 0 saturated carbocycles. The summed E-state index contributed by atoms with van der Waals surface area (Å²) in [7, 11) is 1.89. The monoisotopic (exact) mass is 173 g/mol. The van der Waals surface area contributed by atoms with Gasteiger partial charge in [-0.2, -0.15) is 0 Å². The standard InChI is InChI=1S/C12H15N/c1-13-11-7-3-6-10-12-8-4-2-5-9-12/h2-9,11,13H,10H2,1H3/b6-3+,11-7+. The summed E-state index contributed by atoms with van der Waals surface area (Å²) >= 11 is 0. The van der Waals surface area contributed by atoms with Crippen LogP contribution in [-0.4, -0.2) is 7.05 Å². The Morgan fingerprint density at radius 3 is 2.62 bits per heavy atom. The molecule has 0 unspecified atom stereocenters. The van der Waals surface area contributed by atoms with Gasteiger partial charge in [-0.3, -0.25) is 0 Å². The summed E-state index contributed by atoms with van der Waals surface area (Å²) in [6.07, 6.45) is 9.08. The summed E-state index contributed by atoms with van der Waals surface area (Å²) in [4.78, 5) is 0. The van der Waals surface area contributed by atoms with Gasteiger partial charge in [0.25, 0.3) is 0 Å². The minimum Gasteiger partial charge on any atom is -0.394 e. The molecule has 0 spiro atoms. The fraction of sp³-hybridized carbons (Fsp3) is 0.167. The van der Waals surface area contributed by atoms with Crippen molar-refractivity contribution in [1.29, 1.82) is 0 Å². The van der Waals surface area contributed by atoms with Gasteiger partial charge in [-0.1, -0.05) is 42.5 Å². The van der Waals surface area contributed by atoms with Crippen LogP contribution < -0.4 is 5.32 Å². The topological polar surface area (TPSA) is 12.0 Å². The first-order valence-electron chi connectivity index (χ1n) is 4.46. The number of hydrogen-bond donors (Lipinski definition) is 1. The van der Waals surface area contributed by atoms with Crippen LogP contribution in [0, 0.1) is 0 Å². The minimum absolute atomic E-state index is 0.995. The van der Waals surface area contributed by atoms with Gasteiger partial charge in [0.2, 0.25) is 0 Å². The molecule has 13 heavy (non-hydrogen) atoms. The summed E-state index contributed by atoms with van der Waals surface area (Å²) in [6.45, 7) is 0. The van der Waals surface area contributed by atoms with Gasteiger partial charge < -0.3 is 5.32 Å². The first-order valence-corrected chi connectivity index (χ1v) is 4.46. The first-order chi connectivity index (χ1) is 6.43. The maximum Gasteiger partial charge on any atom is 0.00277 e. The smallest absolute Gasteiger partial charge is 0.00277 e. The average molecular weight is 173 g/mol. The lowest BCUT2D eigenvalue weighted by Gasteiger charge is -1.92. The van der Waals surface area contributed by atoms with Gasteiger partial charge in [-0.25, -0.2) is 0 Å². The summed E-state index contributed by atoms with van der Waals surface area (Å²) in [6, 6.07) is 10.4. The molecule has 1 nitrogen and oxygen atoms in total. The minimum atomic E-state index is 0.995. The van der Waals surface area contributed by atoms with Gasteiger partial charge in [0.05, 0.1) is 0 Å². The van der Waals surface area contributed by atoms with Crippen molar-refractivity contribution in [2.45, 2.75) is 6.42 Å². The van der Waals surface area contributed by atoms with E-state index in [1.54, 1.807) is 0 Å². The normalized spacial score (nSPS) is 11.2. The molecule has 0 amide bonds. The Morgan fingerprint density at radius 1 is 1.15 bits per heavy atom. The van der Waals surface area contributed by atoms with E-state index in [0.717, 1.165) is 6.42 Å². The number of hydrogen-bond acceptors (Lipinski definition) is 1. The van der Waals surface area contributed by atoms with Crippen molar-refractivity contribution in [3.05, 3.63) is 60.3 Å². The molecule has 0 heterocycles. The molecule has 0 bridgehead atoms. The lowest BCUT2D eigenvalue weighted by Crippen LogP contribution is -1.89. The second-order valence-corrected chi connectivity index (χ2v) is 2.77. The van der Waals surface area contributed by atoms with E-state index in [1.165, 1.54) is 5.56 Å². The van der Waals surface area contributed by atoms with Crippen molar-refractivity contribution in [3.63, 3.8) is 0 Å². The second kappa shape index (κ2) is 6.06. The summed E-state index contributed by atoms with van der Waals surface area (Å²) in [5.74, 6) is 0. The van der Waals surface area contributed by atoms with Crippen LogP contribution in [0.3, 0.4) is 0 Å². The van der Waals surface area contributed by atoms with Gasteiger partial charge >= 0.3 is 0 Å². The van der Waals surface area contributed by atoms with Crippen LogP contribution in [0.25, 0.3) is 0 Å². The highest BCUT2D eigenvalue weighted by Crippen LogP contribution is 1.99. The summed E-state index contributed by atoms with van der Waals surface area (Å²) < 4.78 is 0. The zero-order valence-electron chi connectivity index (χ0n) is 7.90. The highest BCUT2D eigenvalue weighted by atomic mass is 14.8. The third-order valence-corrected chi connectivity index (χ3v) is 1.71. The molecule has 68 valence electrons. The SMILES string of the molecule is CN/C=C/C=C/Cc1ccccc1. The maximum absolute atomic E-state index is 2.93. The molecule has 1 aromatic rings. The van der Waals surface area contributed by atoms with Crippen molar-refractivity contribution in [3.8, 4) is 0 Å². The third-order valence-electron chi connectivity index (χ3n) is 1.71. The van der Waals surface area contributed by atoms with Gasteiger partial charge in [-0.15, -0.1) is 0 Å². The molecule has 0 aliphatic heterocycles. The molecule has 0 saturated heterocycles. The molecule has 0 fully saturated rings. The molecular weight excluding hydrogens is 158 g/mol. The van der Waals surface area contributed by atoms with E-state index >= 15 is 0 Å². The number of rotatable bonds is 4. The predicted molar refractivity (Wildman–Crippen MR) is 57.5 cm³/mol. The van der Waals surface area contributed by atoms with E-state index in [2.05, 4.69) is 35.7 Å². The van der Waals surface area contributed by atoms with Gasteiger partial charge in [0, 0.05) is 7.05 Å². The molecule has 0 atom stereocenters. The maximum atomic E-state index is 2.93. The fourth-order valence-corrected chi connectivity index (χ4v) is 1.05. The zero-order chi connectivity index (χ0) is 9.36. The summed E-state index contributed by atoms with van der Waals surface area (Å²) in [5.41, 5.74) is 1.34. The second-order valence-electron chi connectivity index (χ2n) is 2.77. The Balaban J connectivity index is 2.35. The van der Waals surface area contributed by atoms with E-state index < -0.39 is 0 Å². The van der Waals surface area contributed by atoms with Crippen LogP contribution in [-0.2, 0) is 6.42 Å². The van der Waals surface area contributed by atoms with Crippen molar-refractivity contribution in [2.24, 2.45) is 0 Å². The fourth-order valence-electron chi connectivity index (χ4n) is 1.05. The van der Waals surface area contributed by atoms with E-state index in [4.69, 9.17) is 0 Å². The Morgan fingerprint density at radius 2 is 1.92 bits per heavy atom. The predicted octanol–water partition coefficient (Wildman–Crippen LogP) is 2.52. The van der Waals surface area contributed by atoms with E-state index in [0.29, 0.717) is 0 Å². The van der Waals surface area contributed by atoms with Crippen LogP contribution in [0.15, 0.2) is 54.8 Å². The quantitative estimate of drug-likeness (QED) is 0.690. The Hall–Kier alpha value is -1.50. The molecule has 0 radical (unpaired) electrons. The van der Waals surface area contributed by atoms with Crippen LogP contribution in [0.2, 0.25) is 0 Å². The molecule has 1 aromatic carbocycles. The zero-order valence-corrected chi connectivity index (χ0v) is 7.90. The van der Waals surface area contributed by atoms with E-state index in [9.17, 15) is 0 Å². The number of allylic oxidation sites excluding steroid dienone is 3. The van der Waals surface area contributed by atoms with E-state index in [1.807, 2.05) is 31.5 Å². The average Bonchev–Trinajstić information content (AvgIpc) is 2.19. The highest BCUT2D eigenvalue weighted by Gasteiger charge is 1.83. The van der Waals surface area contributed by atoms with Crippen molar-refractivity contribution < 1.29 is 0 Å². The Bertz CT molecular complexity index is 272. The molecule has 0 aliphatic carbocycles. The van der Waals surface area contributed by atoms with Gasteiger partial charge in [-0.05, 0) is 24.3 Å². The number of benzene rings is 1. The van der Waals surface area contributed by atoms with Crippen LogP contribution >= 0.6 is 0 Å². The van der Waals surface area contributed by atoms with Crippen LogP contribution in [0.4, 0.5) is 0 Å². The highest BCUT2D eigenvalue weighted by molar-refractivity contribution is 5.18. The van der Waals surface area contributed by atoms with E-state index in [-0.39, 0.29) is 0 Å². The lowest BCUT2D eigenvalue weighted by atomic mass is 10.1. The third kappa shape index (κ3) is 4.16. The molecule has 0 aromatic heterocycles. The summed E-state index contributed by atoms with van der Waals surface area (Å²) in [5, 5.41) is 2.93. The Kier molecular flexibility index (Phi) is 4.47.